The Labute approximate surface area is 209 Å². The second kappa shape index (κ2) is 8.55. The fourth-order valence-electron chi connectivity index (χ4n) is 4.69. The Hall–Kier alpha value is -4.07. The molecule has 182 valence electrons. The van der Waals surface area contributed by atoms with E-state index in [2.05, 4.69) is 53.4 Å². The van der Waals surface area contributed by atoms with Crippen LogP contribution in [0.2, 0.25) is 0 Å². The molecule has 0 atom stereocenters. The minimum atomic E-state index is -0.157. The van der Waals surface area contributed by atoms with Gasteiger partial charge >= 0.3 is 0 Å². The van der Waals surface area contributed by atoms with E-state index in [1.807, 2.05) is 47.4 Å². The van der Waals surface area contributed by atoms with E-state index in [4.69, 9.17) is 4.98 Å². The van der Waals surface area contributed by atoms with Gasteiger partial charge in [0.1, 0.15) is 17.8 Å². The fraction of sp³-hybridized carbons (Fsp3) is 0.321. The number of rotatable bonds is 6. The summed E-state index contributed by atoms with van der Waals surface area (Å²) in [5.41, 5.74) is 4.45. The van der Waals surface area contributed by atoms with Crippen LogP contribution >= 0.6 is 0 Å². The van der Waals surface area contributed by atoms with E-state index in [0.29, 0.717) is 28.3 Å². The summed E-state index contributed by atoms with van der Waals surface area (Å²) >= 11 is 0. The molecule has 1 fully saturated rings. The second-order valence-corrected chi connectivity index (χ2v) is 10.1. The van der Waals surface area contributed by atoms with E-state index >= 15 is 0 Å². The predicted octanol–water partition coefficient (Wildman–Crippen LogP) is 5.41. The highest BCUT2D eigenvalue weighted by molar-refractivity contribution is 5.82. The molecule has 0 radical (unpaired) electrons. The summed E-state index contributed by atoms with van der Waals surface area (Å²) in [6.45, 7) is 8.51. The first-order chi connectivity index (χ1) is 17.4. The summed E-state index contributed by atoms with van der Waals surface area (Å²) in [7, 11) is 0. The fourth-order valence-corrected chi connectivity index (χ4v) is 4.69. The number of imidazole rings is 2. The zero-order chi connectivity index (χ0) is 25.0. The number of benzene rings is 1. The van der Waals surface area contributed by atoms with Crippen molar-refractivity contribution >= 4 is 10.9 Å². The number of nitrogens with zero attached hydrogens (tertiary/aromatic N) is 7. The van der Waals surface area contributed by atoms with E-state index in [1.54, 1.807) is 12.5 Å². The van der Waals surface area contributed by atoms with Gasteiger partial charge in [0, 0.05) is 30.6 Å². The summed E-state index contributed by atoms with van der Waals surface area (Å²) in [6, 6.07) is 9.85. The Kier molecular flexibility index (Phi) is 5.32. The molecular weight excluding hydrogens is 450 g/mol. The largest absolute Gasteiger partial charge is 0.327 e. The molecule has 0 aliphatic heterocycles. The van der Waals surface area contributed by atoms with Crippen LogP contribution in [0.5, 0.6) is 0 Å². The number of pyridine rings is 1. The van der Waals surface area contributed by atoms with Crippen molar-refractivity contribution in [2.24, 2.45) is 0 Å². The van der Waals surface area contributed by atoms with Crippen molar-refractivity contribution in [3.05, 3.63) is 83.2 Å². The third-order valence-electron chi connectivity index (χ3n) is 6.84. The predicted molar refractivity (Wildman–Crippen MR) is 140 cm³/mol. The van der Waals surface area contributed by atoms with Gasteiger partial charge in [0.05, 0.1) is 28.6 Å². The molecule has 1 aromatic carbocycles. The summed E-state index contributed by atoms with van der Waals surface area (Å²) in [6.07, 6.45) is 11.6. The molecule has 1 aliphatic carbocycles. The van der Waals surface area contributed by atoms with Crippen LogP contribution in [0, 0.1) is 0 Å². The molecule has 5 aromatic rings. The molecule has 0 bridgehead atoms. The minimum absolute atomic E-state index is 0.157. The molecule has 1 saturated carbocycles. The third-order valence-corrected chi connectivity index (χ3v) is 6.84. The highest BCUT2D eigenvalue weighted by Crippen LogP contribution is 2.39. The van der Waals surface area contributed by atoms with Crippen molar-refractivity contribution in [2.75, 3.05) is 0 Å². The summed E-state index contributed by atoms with van der Waals surface area (Å²) in [5, 5.41) is 0.550. The van der Waals surface area contributed by atoms with E-state index in [1.165, 1.54) is 17.4 Å². The van der Waals surface area contributed by atoms with Crippen molar-refractivity contribution in [2.45, 2.75) is 58.4 Å². The zero-order valence-corrected chi connectivity index (χ0v) is 21.0. The first kappa shape index (κ1) is 22.4. The zero-order valence-electron chi connectivity index (χ0n) is 21.0. The van der Waals surface area contributed by atoms with Gasteiger partial charge in [0.25, 0.3) is 5.56 Å². The van der Waals surface area contributed by atoms with Gasteiger partial charge in [-0.3, -0.25) is 9.36 Å². The molecule has 0 spiro atoms. The molecule has 4 aromatic heterocycles. The Morgan fingerprint density at radius 2 is 1.83 bits per heavy atom. The van der Waals surface area contributed by atoms with E-state index < -0.39 is 0 Å². The SMILES string of the molecule is CC(C)c1cc2ncn(-c3cccc(-c4nccn4C(C)C)n3)c(=O)c2cc1-n1cnc(C2CC2)c1. The molecule has 0 unspecified atom stereocenters. The van der Waals surface area contributed by atoms with Gasteiger partial charge in [-0.15, -0.1) is 0 Å². The lowest BCUT2D eigenvalue weighted by molar-refractivity contribution is 0.605. The molecular formula is C28H29N7O. The third kappa shape index (κ3) is 3.82. The quantitative estimate of drug-likeness (QED) is 0.325. The highest BCUT2D eigenvalue weighted by Gasteiger charge is 2.26. The van der Waals surface area contributed by atoms with Gasteiger partial charge in [0.2, 0.25) is 0 Å². The minimum Gasteiger partial charge on any atom is -0.327 e. The van der Waals surface area contributed by atoms with Crippen LogP contribution in [0.15, 0.2) is 66.4 Å². The van der Waals surface area contributed by atoms with Crippen molar-refractivity contribution in [1.29, 1.82) is 0 Å². The Bertz CT molecular complexity index is 1640. The lowest BCUT2D eigenvalue weighted by Gasteiger charge is -2.15. The number of aromatic nitrogens is 7. The van der Waals surface area contributed by atoms with Gasteiger partial charge < -0.3 is 9.13 Å². The Morgan fingerprint density at radius 1 is 1.00 bits per heavy atom. The van der Waals surface area contributed by atoms with Crippen molar-refractivity contribution < 1.29 is 0 Å². The van der Waals surface area contributed by atoms with Crippen LogP contribution in [-0.2, 0) is 0 Å². The van der Waals surface area contributed by atoms with Crippen LogP contribution in [-0.4, -0.2) is 33.6 Å². The first-order valence-electron chi connectivity index (χ1n) is 12.5. The Morgan fingerprint density at radius 3 is 2.58 bits per heavy atom. The lowest BCUT2D eigenvalue weighted by atomic mass is 9.99. The van der Waals surface area contributed by atoms with Crippen LogP contribution in [0.3, 0.4) is 0 Å². The first-order valence-corrected chi connectivity index (χ1v) is 12.5. The average Bonchev–Trinajstić information content (AvgIpc) is 3.39. The molecule has 36 heavy (non-hydrogen) atoms. The number of hydrogen-bond donors (Lipinski definition) is 0. The van der Waals surface area contributed by atoms with Gasteiger partial charge in [-0.1, -0.05) is 19.9 Å². The summed E-state index contributed by atoms with van der Waals surface area (Å²) in [5.74, 6) is 2.11. The molecule has 1 aliphatic rings. The van der Waals surface area contributed by atoms with Gasteiger partial charge in [-0.2, -0.15) is 0 Å². The van der Waals surface area contributed by atoms with E-state index in [0.717, 1.165) is 22.8 Å². The van der Waals surface area contributed by atoms with Crippen LogP contribution < -0.4 is 5.56 Å². The maximum absolute atomic E-state index is 13.7. The Balaban J connectivity index is 1.48. The molecule has 0 N–H and O–H groups in total. The molecule has 8 heteroatoms. The molecule has 0 amide bonds. The topological polar surface area (TPSA) is 83.4 Å². The molecule has 4 heterocycles. The maximum atomic E-state index is 13.7. The molecule has 6 rings (SSSR count). The van der Waals surface area contributed by atoms with Gasteiger partial charge in [-0.25, -0.2) is 19.9 Å². The summed E-state index contributed by atoms with van der Waals surface area (Å²) < 4.78 is 5.62. The van der Waals surface area contributed by atoms with Crippen LogP contribution in [0.25, 0.3) is 33.9 Å². The van der Waals surface area contributed by atoms with Gasteiger partial charge in [0.15, 0.2) is 5.82 Å². The average molecular weight is 480 g/mol. The second-order valence-electron chi connectivity index (χ2n) is 10.1. The van der Waals surface area contributed by atoms with E-state index in [-0.39, 0.29) is 17.5 Å². The number of hydrogen-bond acceptors (Lipinski definition) is 5. The maximum Gasteiger partial charge on any atom is 0.267 e. The lowest BCUT2D eigenvalue weighted by Crippen LogP contribution is -2.20. The standard InChI is InChI=1S/C28H29N7O/c1-17(2)20-12-23-21(13-25(20)33-14-24(30-15-33)19-8-9-19)28(36)35(16-31-23)26-7-5-6-22(32-26)27-29-10-11-34(27)18(3)4/h5-7,10-19H,8-9H2,1-4H3. The normalized spacial score (nSPS) is 13.8. The highest BCUT2D eigenvalue weighted by atomic mass is 16.1. The van der Waals surface area contributed by atoms with Crippen molar-refractivity contribution in [3.63, 3.8) is 0 Å². The summed E-state index contributed by atoms with van der Waals surface area (Å²) in [4.78, 5) is 32.3. The molecule has 0 saturated heterocycles. The van der Waals surface area contributed by atoms with Gasteiger partial charge in [-0.05, 0) is 62.4 Å². The number of fused-ring (bicyclic) bond motifs is 1. The van der Waals surface area contributed by atoms with Crippen LogP contribution in [0.1, 0.15) is 69.7 Å². The molecule has 8 nitrogen and oxygen atoms in total. The van der Waals surface area contributed by atoms with E-state index in [9.17, 15) is 4.79 Å². The van der Waals surface area contributed by atoms with Crippen molar-refractivity contribution in [1.82, 2.24) is 33.6 Å². The van der Waals surface area contributed by atoms with Crippen LogP contribution in [0.4, 0.5) is 0 Å². The smallest absolute Gasteiger partial charge is 0.267 e. The van der Waals surface area contributed by atoms with Crippen molar-refractivity contribution in [3.8, 4) is 23.0 Å². The monoisotopic (exact) mass is 479 g/mol.